The minimum Gasteiger partial charge on any atom is -0.497 e. The molecule has 10 heteroatoms. The zero-order valence-corrected chi connectivity index (χ0v) is 22.7. The number of carbonyl (C=O) groups excluding carboxylic acids is 2. The third-order valence-corrected chi connectivity index (χ3v) is 7.93. The molecule has 0 aliphatic carbocycles. The smallest absolute Gasteiger partial charge is 0.264 e. The summed E-state index contributed by atoms with van der Waals surface area (Å²) in [6, 6.07) is 17.4. The van der Waals surface area contributed by atoms with Crippen molar-refractivity contribution in [2.24, 2.45) is 0 Å². The molecule has 0 radical (unpaired) electrons. The van der Waals surface area contributed by atoms with E-state index in [1.165, 1.54) is 55.5 Å². The van der Waals surface area contributed by atoms with Crippen molar-refractivity contribution in [3.8, 4) is 5.75 Å². The van der Waals surface area contributed by atoms with E-state index in [-0.39, 0.29) is 23.0 Å². The molecular formula is C28H32FN3O5S. The highest BCUT2D eigenvalue weighted by Gasteiger charge is 2.33. The normalized spacial score (nSPS) is 11.9. The number of nitrogens with one attached hydrogen (secondary N) is 1. The van der Waals surface area contributed by atoms with Gasteiger partial charge in [-0.1, -0.05) is 36.8 Å². The summed E-state index contributed by atoms with van der Waals surface area (Å²) in [7, 11) is -1.20. The average molecular weight is 542 g/mol. The van der Waals surface area contributed by atoms with Gasteiger partial charge < -0.3 is 15.0 Å². The fourth-order valence-electron chi connectivity index (χ4n) is 3.99. The van der Waals surface area contributed by atoms with E-state index in [1.807, 2.05) is 6.92 Å². The number of sulfonamides is 1. The number of hydrogen-bond donors (Lipinski definition) is 1. The molecule has 0 heterocycles. The third kappa shape index (κ3) is 6.69. The Bertz CT molecular complexity index is 1340. The highest BCUT2D eigenvalue weighted by molar-refractivity contribution is 7.92. The van der Waals surface area contributed by atoms with Gasteiger partial charge in [0.05, 0.1) is 17.7 Å². The van der Waals surface area contributed by atoms with Crippen LogP contribution >= 0.6 is 0 Å². The first-order chi connectivity index (χ1) is 18.1. The third-order valence-electron chi connectivity index (χ3n) is 6.15. The summed E-state index contributed by atoms with van der Waals surface area (Å²) in [5, 5.41) is 2.57. The second-order valence-corrected chi connectivity index (χ2v) is 10.6. The van der Waals surface area contributed by atoms with Crippen molar-refractivity contribution in [3.05, 3.63) is 89.7 Å². The first-order valence-electron chi connectivity index (χ1n) is 12.1. The molecule has 0 fully saturated rings. The Hall–Kier alpha value is -3.92. The van der Waals surface area contributed by atoms with Crippen molar-refractivity contribution in [2.45, 2.75) is 37.8 Å². The van der Waals surface area contributed by atoms with Crippen LogP contribution in [0.5, 0.6) is 5.75 Å². The quantitative estimate of drug-likeness (QED) is 0.397. The number of aryl methyl sites for hydroxylation is 1. The van der Waals surface area contributed by atoms with Crippen molar-refractivity contribution in [2.75, 3.05) is 25.0 Å². The molecule has 0 saturated carbocycles. The Morgan fingerprint density at radius 1 is 0.974 bits per heavy atom. The summed E-state index contributed by atoms with van der Waals surface area (Å²) >= 11 is 0. The zero-order chi connectivity index (χ0) is 27.9. The Labute approximate surface area is 223 Å². The van der Waals surface area contributed by atoms with E-state index in [0.717, 1.165) is 9.87 Å². The molecule has 0 saturated heterocycles. The van der Waals surface area contributed by atoms with Gasteiger partial charge in [0.25, 0.3) is 10.0 Å². The SMILES string of the molecule is CC[C@@H](C(=O)NC)N(Cc1ccc(F)cc1)C(=O)CN(c1ccc(OC)cc1)S(=O)(=O)c1ccc(C)cc1. The maximum atomic E-state index is 13.8. The number of amides is 2. The second kappa shape index (κ2) is 12.6. The molecule has 1 N–H and O–H groups in total. The van der Waals surface area contributed by atoms with Gasteiger partial charge in [0.1, 0.15) is 24.2 Å². The molecule has 3 aromatic carbocycles. The van der Waals surface area contributed by atoms with Crippen molar-refractivity contribution in [3.63, 3.8) is 0 Å². The van der Waals surface area contributed by atoms with Gasteiger partial charge in [-0.15, -0.1) is 0 Å². The summed E-state index contributed by atoms with van der Waals surface area (Å²) in [5.74, 6) is -0.882. The van der Waals surface area contributed by atoms with E-state index in [0.29, 0.717) is 17.7 Å². The van der Waals surface area contributed by atoms with Crippen molar-refractivity contribution < 1.29 is 27.1 Å². The predicted molar refractivity (Wildman–Crippen MR) is 144 cm³/mol. The lowest BCUT2D eigenvalue weighted by molar-refractivity contribution is -0.140. The highest BCUT2D eigenvalue weighted by Crippen LogP contribution is 2.27. The average Bonchev–Trinajstić information content (AvgIpc) is 2.92. The summed E-state index contributed by atoms with van der Waals surface area (Å²) in [4.78, 5) is 27.9. The maximum absolute atomic E-state index is 13.8. The van der Waals surface area contributed by atoms with Gasteiger partial charge in [0.2, 0.25) is 11.8 Å². The summed E-state index contributed by atoms with van der Waals surface area (Å²) < 4.78 is 47.3. The van der Waals surface area contributed by atoms with Crippen LogP contribution in [0.25, 0.3) is 0 Å². The number of benzene rings is 3. The van der Waals surface area contributed by atoms with Gasteiger partial charge >= 0.3 is 0 Å². The molecule has 38 heavy (non-hydrogen) atoms. The van der Waals surface area contributed by atoms with Crippen LogP contribution in [0.15, 0.2) is 77.7 Å². The minimum atomic E-state index is -4.16. The molecule has 2 amide bonds. The first kappa shape index (κ1) is 28.6. The molecular weight excluding hydrogens is 509 g/mol. The zero-order valence-electron chi connectivity index (χ0n) is 21.8. The van der Waals surface area contributed by atoms with Crippen LogP contribution in [0.3, 0.4) is 0 Å². The molecule has 1 atom stereocenters. The van der Waals surface area contributed by atoms with Crippen molar-refractivity contribution in [1.82, 2.24) is 10.2 Å². The molecule has 3 aromatic rings. The van der Waals surface area contributed by atoms with Gasteiger partial charge in [-0.2, -0.15) is 0 Å². The molecule has 0 aliphatic rings. The van der Waals surface area contributed by atoms with Crippen LogP contribution in [-0.2, 0) is 26.2 Å². The second-order valence-electron chi connectivity index (χ2n) is 8.71. The number of ether oxygens (including phenoxy) is 1. The Balaban J connectivity index is 2.05. The van der Waals surface area contributed by atoms with E-state index >= 15 is 0 Å². The van der Waals surface area contributed by atoms with E-state index in [1.54, 1.807) is 43.3 Å². The van der Waals surface area contributed by atoms with Crippen molar-refractivity contribution >= 4 is 27.5 Å². The molecule has 202 valence electrons. The fraction of sp³-hybridized carbons (Fsp3) is 0.286. The molecule has 0 unspecified atom stereocenters. The number of nitrogens with zero attached hydrogens (tertiary/aromatic N) is 2. The summed E-state index contributed by atoms with van der Waals surface area (Å²) in [6.07, 6.45) is 0.292. The number of carbonyl (C=O) groups is 2. The number of rotatable bonds is 11. The Morgan fingerprint density at radius 2 is 1.58 bits per heavy atom. The lowest BCUT2D eigenvalue weighted by atomic mass is 10.1. The Kier molecular flexibility index (Phi) is 9.46. The van der Waals surface area contributed by atoms with E-state index < -0.39 is 34.3 Å². The van der Waals surface area contributed by atoms with Gasteiger partial charge in [-0.05, 0) is 67.4 Å². The topological polar surface area (TPSA) is 96.0 Å². The molecule has 8 nitrogen and oxygen atoms in total. The van der Waals surface area contributed by atoms with Gasteiger partial charge in [-0.3, -0.25) is 13.9 Å². The number of halogens is 1. The maximum Gasteiger partial charge on any atom is 0.264 e. The van der Waals surface area contributed by atoms with Gasteiger partial charge in [0.15, 0.2) is 0 Å². The lowest BCUT2D eigenvalue weighted by Crippen LogP contribution is -2.51. The molecule has 0 aromatic heterocycles. The van der Waals surface area contributed by atoms with Crippen LogP contribution in [0.4, 0.5) is 10.1 Å². The lowest BCUT2D eigenvalue weighted by Gasteiger charge is -2.33. The number of hydrogen-bond acceptors (Lipinski definition) is 5. The molecule has 0 aliphatic heterocycles. The Morgan fingerprint density at radius 3 is 2.11 bits per heavy atom. The fourth-order valence-corrected chi connectivity index (χ4v) is 5.40. The van der Waals surface area contributed by atoms with Crippen LogP contribution in [0, 0.1) is 12.7 Å². The van der Waals surface area contributed by atoms with Crippen LogP contribution in [-0.4, -0.2) is 51.9 Å². The van der Waals surface area contributed by atoms with Crippen LogP contribution in [0.2, 0.25) is 0 Å². The van der Waals surface area contributed by atoms with E-state index in [4.69, 9.17) is 4.74 Å². The van der Waals surface area contributed by atoms with E-state index in [9.17, 15) is 22.4 Å². The summed E-state index contributed by atoms with van der Waals surface area (Å²) in [6.45, 7) is 3.04. The predicted octanol–water partition coefficient (Wildman–Crippen LogP) is 3.89. The van der Waals surface area contributed by atoms with E-state index in [2.05, 4.69) is 5.32 Å². The van der Waals surface area contributed by atoms with Crippen LogP contribution < -0.4 is 14.4 Å². The van der Waals surface area contributed by atoms with Crippen molar-refractivity contribution in [1.29, 1.82) is 0 Å². The number of likely N-dealkylation sites (N-methyl/N-ethyl adjacent to an activating group) is 1. The summed E-state index contributed by atoms with van der Waals surface area (Å²) in [5.41, 5.74) is 1.74. The van der Waals surface area contributed by atoms with Gasteiger partial charge in [-0.25, -0.2) is 12.8 Å². The number of methoxy groups -OCH3 is 1. The highest BCUT2D eigenvalue weighted by atomic mass is 32.2. The molecule has 3 rings (SSSR count). The molecule has 0 spiro atoms. The molecule has 0 bridgehead atoms. The minimum absolute atomic E-state index is 0.00787. The first-order valence-corrected chi connectivity index (χ1v) is 13.5. The number of anilines is 1. The van der Waals surface area contributed by atoms with Gasteiger partial charge in [0, 0.05) is 13.6 Å². The van der Waals surface area contributed by atoms with Crippen LogP contribution in [0.1, 0.15) is 24.5 Å². The largest absolute Gasteiger partial charge is 0.497 e. The monoisotopic (exact) mass is 541 g/mol. The standard InChI is InChI=1S/C28H32FN3O5S/c1-5-26(28(34)30-3)31(18-21-8-10-22(29)11-9-21)27(33)19-32(23-12-14-24(37-4)15-13-23)38(35,36)25-16-6-20(2)7-17-25/h6-17,26H,5,18-19H2,1-4H3,(H,30,34)/t26-/m0/s1.